The Morgan fingerprint density at radius 1 is 0.933 bits per heavy atom. The minimum absolute atomic E-state index is 0.182. The Bertz CT molecular complexity index is 1210. The molecule has 3 heterocycles. The van der Waals surface area contributed by atoms with Gasteiger partial charge in [0, 0.05) is 24.3 Å². The first-order chi connectivity index (χ1) is 14.6. The first-order valence-corrected chi connectivity index (χ1v) is 9.77. The Morgan fingerprint density at radius 3 is 2.43 bits per heavy atom. The second-order valence-corrected chi connectivity index (χ2v) is 7.30. The van der Waals surface area contributed by atoms with Gasteiger partial charge in [0.2, 0.25) is 0 Å². The Morgan fingerprint density at radius 2 is 1.70 bits per heavy atom. The summed E-state index contributed by atoms with van der Waals surface area (Å²) in [5.41, 5.74) is 4.13. The Balaban J connectivity index is 1.72. The zero-order valence-electron chi connectivity index (χ0n) is 16.5. The van der Waals surface area contributed by atoms with Crippen molar-refractivity contribution in [2.24, 2.45) is 0 Å². The van der Waals surface area contributed by atoms with Crippen LogP contribution in [-0.2, 0) is 4.74 Å². The number of benzene rings is 2. The third kappa shape index (κ3) is 3.21. The number of phenols is 2. The second kappa shape index (κ2) is 7.31. The largest absolute Gasteiger partial charge is 0.504 e. The maximum Gasteiger partial charge on any atom is 0.170 e. The number of anilines is 1. The molecule has 1 fully saturated rings. The third-order valence-electron chi connectivity index (χ3n) is 5.23. The Kier molecular flexibility index (Phi) is 4.48. The maximum atomic E-state index is 9.96. The second-order valence-electron chi connectivity index (χ2n) is 7.30. The number of nitrogens with zero attached hydrogens (tertiary/aromatic N) is 5. The molecule has 2 N–H and O–H groups in total. The fraction of sp³-hybridized carbons (Fsp3) is 0.227. The summed E-state index contributed by atoms with van der Waals surface area (Å²) in [7, 11) is 0. The predicted octanol–water partition coefficient (Wildman–Crippen LogP) is 3.04. The number of aromatic nitrogens is 4. The molecule has 2 aromatic carbocycles. The van der Waals surface area contributed by atoms with E-state index in [1.165, 1.54) is 17.7 Å². The standard InChI is InChI=1S/C22H21N5O3/c1-14-2-5-16(6-3-14)27-13-23-19-21(26-8-10-30-11-9-26)24-20(25-22(19)27)15-4-7-17(28)18(29)12-15/h2-7,12-13,28-29H,8-11H2,1H3. The number of rotatable bonds is 3. The van der Waals surface area contributed by atoms with E-state index in [0.717, 1.165) is 11.5 Å². The van der Waals surface area contributed by atoms with Crippen molar-refractivity contribution >= 4 is 17.0 Å². The summed E-state index contributed by atoms with van der Waals surface area (Å²) in [6.45, 7) is 4.72. The van der Waals surface area contributed by atoms with Crippen LogP contribution in [0.4, 0.5) is 5.82 Å². The molecule has 0 aliphatic carbocycles. The molecular formula is C22H21N5O3. The molecule has 0 spiro atoms. The number of fused-ring (bicyclic) bond motifs is 1. The van der Waals surface area contributed by atoms with Crippen LogP contribution in [0.5, 0.6) is 11.5 Å². The highest BCUT2D eigenvalue weighted by atomic mass is 16.5. The molecule has 0 radical (unpaired) electrons. The molecule has 2 aromatic heterocycles. The van der Waals surface area contributed by atoms with Crippen molar-refractivity contribution in [1.82, 2.24) is 19.5 Å². The maximum absolute atomic E-state index is 9.96. The van der Waals surface area contributed by atoms with E-state index in [2.05, 4.69) is 9.88 Å². The van der Waals surface area contributed by atoms with E-state index >= 15 is 0 Å². The molecule has 152 valence electrons. The number of morpholine rings is 1. The van der Waals surface area contributed by atoms with E-state index in [0.29, 0.717) is 48.9 Å². The van der Waals surface area contributed by atoms with Crippen LogP contribution in [0.15, 0.2) is 48.8 Å². The van der Waals surface area contributed by atoms with Crippen molar-refractivity contribution in [2.75, 3.05) is 31.2 Å². The molecule has 8 nitrogen and oxygen atoms in total. The van der Waals surface area contributed by atoms with E-state index in [4.69, 9.17) is 14.7 Å². The lowest BCUT2D eigenvalue weighted by Crippen LogP contribution is -2.37. The Labute approximate surface area is 173 Å². The van der Waals surface area contributed by atoms with Crippen molar-refractivity contribution in [3.63, 3.8) is 0 Å². The third-order valence-corrected chi connectivity index (χ3v) is 5.23. The molecular weight excluding hydrogens is 382 g/mol. The van der Waals surface area contributed by atoms with Gasteiger partial charge in [-0.1, -0.05) is 17.7 Å². The van der Waals surface area contributed by atoms with Gasteiger partial charge in [0.1, 0.15) is 6.33 Å². The lowest BCUT2D eigenvalue weighted by molar-refractivity contribution is 0.122. The number of aryl methyl sites for hydroxylation is 1. The van der Waals surface area contributed by atoms with Crippen LogP contribution in [0.25, 0.3) is 28.2 Å². The van der Waals surface area contributed by atoms with Crippen molar-refractivity contribution in [3.05, 3.63) is 54.4 Å². The summed E-state index contributed by atoms with van der Waals surface area (Å²) >= 11 is 0. The van der Waals surface area contributed by atoms with Gasteiger partial charge in [-0.15, -0.1) is 0 Å². The fourth-order valence-electron chi connectivity index (χ4n) is 3.57. The lowest BCUT2D eigenvalue weighted by Gasteiger charge is -2.28. The molecule has 1 aliphatic heterocycles. The molecule has 5 rings (SSSR count). The zero-order valence-corrected chi connectivity index (χ0v) is 16.5. The molecule has 0 saturated carbocycles. The van der Waals surface area contributed by atoms with Gasteiger partial charge < -0.3 is 19.8 Å². The molecule has 30 heavy (non-hydrogen) atoms. The lowest BCUT2D eigenvalue weighted by atomic mass is 10.2. The monoisotopic (exact) mass is 403 g/mol. The van der Waals surface area contributed by atoms with Crippen molar-refractivity contribution in [2.45, 2.75) is 6.92 Å². The van der Waals surface area contributed by atoms with Crippen LogP contribution in [0.1, 0.15) is 5.56 Å². The van der Waals surface area contributed by atoms with Gasteiger partial charge in [-0.3, -0.25) is 4.57 Å². The van der Waals surface area contributed by atoms with Crippen LogP contribution in [-0.4, -0.2) is 56.0 Å². The van der Waals surface area contributed by atoms with Gasteiger partial charge in [-0.2, -0.15) is 0 Å². The number of phenolic OH excluding ortho intramolecular Hbond substituents is 2. The molecule has 0 unspecified atom stereocenters. The van der Waals surface area contributed by atoms with Gasteiger partial charge in [-0.25, -0.2) is 15.0 Å². The summed E-state index contributed by atoms with van der Waals surface area (Å²) < 4.78 is 7.43. The van der Waals surface area contributed by atoms with Crippen LogP contribution >= 0.6 is 0 Å². The molecule has 4 aromatic rings. The average Bonchev–Trinajstić information content (AvgIpc) is 3.20. The van der Waals surface area contributed by atoms with Gasteiger partial charge in [-0.05, 0) is 37.3 Å². The highest BCUT2D eigenvalue weighted by Crippen LogP contribution is 2.32. The van der Waals surface area contributed by atoms with Gasteiger partial charge in [0.25, 0.3) is 0 Å². The molecule has 8 heteroatoms. The molecule has 1 aliphatic rings. The molecule has 0 atom stereocenters. The van der Waals surface area contributed by atoms with Crippen molar-refractivity contribution in [1.29, 1.82) is 0 Å². The molecule has 0 bridgehead atoms. The predicted molar refractivity (Wildman–Crippen MR) is 113 cm³/mol. The average molecular weight is 403 g/mol. The van der Waals surface area contributed by atoms with Crippen LogP contribution < -0.4 is 4.90 Å². The van der Waals surface area contributed by atoms with Crippen molar-refractivity contribution < 1.29 is 14.9 Å². The number of hydrogen-bond acceptors (Lipinski definition) is 7. The van der Waals surface area contributed by atoms with Gasteiger partial charge in [0.05, 0.1) is 13.2 Å². The summed E-state index contributed by atoms with van der Waals surface area (Å²) in [6, 6.07) is 12.7. The Hall–Kier alpha value is -3.65. The van der Waals surface area contributed by atoms with E-state index in [-0.39, 0.29) is 11.5 Å². The number of imidazole rings is 1. The molecule has 1 saturated heterocycles. The summed E-state index contributed by atoms with van der Waals surface area (Å²) in [5.74, 6) is 0.791. The van der Waals surface area contributed by atoms with E-state index in [9.17, 15) is 10.2 Å². The number of ether oxygens (including phenoxy) is 1. The van der Waals surface area contributed by atoms with Crippen molar-refractivity contribution in [3.8, 4) is 28.6 Å². The summed E-state index contributed by atoms with van der Waals surface area (Å²) in [4.78, 5) is 16.3. The molecule has 0 amide bonds. The number of aromatic hydroxyl groups is 2. The SMILES string of the molecule is Cc1ccc(-n2cnc3c(N4CCOCC4)nc(-c4ccc(O)c(O)c4)nc32)cc1. The van der Waals surface area contributed by atoms with Crippen LogP contribution in [0, 0.1) is 6.92 Å². The minimum Gasteiger partial charge on any atom is -0.504 e. The zero-order chi connectivity index (χ0) is 20.7. The normalized spacial score (nSPS) is 14.4. The van der Waals surface area contributed by atoms with Crippen LogP contribution in [0.3, 0.4) is 0 Å². The highest BCUT2D eigenvalue weighted by molar-refractivity contribution is 5.87. The van der Waals surface area contributed by atoms with Gasteiger partial charge >= 0.3 is 0 Å². The first kappa shape index (κ1) is 18.4. The van der Waals surface area contributed by atoms with E-state index < -0.39 is 0 Å². The fourth-order valence-corrected chi connectivity index (χ4v) is 3.57. The number of hydrogen-bond donors (Lipinski definition) is 2. The summed E-state index contributed by atoms with van der Waals surface area (Å²) in [5, 5.41) is 19.6. The first-order valence-electron chi connectivity index (χ1n) is 9.77. The highest BCUT2D eigenvalue weighted by Gasteiger charge is 2.21. The van der Waals surface area contributed by atoms with Gasteiger partial charge in [0.15, 0.2) is 34.3 Å². The van der Waals surface area contributed by atoms with E-state index in [1.54, 1.807) is 12.4 Å². The topological polar surface area (TPSA) is 96.5 Å². The van der Waals surface area contributed by atoms with Crippen LogP contribution in [0.2, 0.25) is 0 Å². The van der Waals surface area contributed by atoms with E-state index in [1.807, 2.05) is 35.8 Å². The summed E-state index contributed by atoms with van der Waals surface area (Å²) in [6.07, 6.45) is 1.76. The quantitative estimate of drug-likeness (QED) is 0.508. The smallest absolute Gasteiger partial charge is 0.170 e. The minimum atomic E-state index is -0.212.